The van der Waals surface area contributed by atoms with E-state index in [4.69, 9.17) is 4.74 Å². The van der Waals surface area contributed by atoms with Gasteiger partial charge >= 0.3 is 5.69 Å². The van der Waals surface area contributed by atoms with E-state index in [2.05, 4.69) is 10.5 Å². The van der Waals surface area contributed by atoms with Crippen LogP contribution in [0.2, 0.25) is 0 Å². The van der Waals surface area contributed by atoms with Gasteiger partial charge in [0.1, 0.15) is 11.5 Å². The number of ether oxygens (including phenoxy) is 1. The highest BCUT2D eigenvalue weighted by atomic mass is 16.6. The second kappa shape index (κ2) is 7.43. The molecule has 1 aliphatic heterocycles. The molecule has 0 atom stereocenters. The summed E-state index contributed by atoms with van der Waals surface area (Å²) in [6.07, 6.45) is 1.28. The molecule has 0 saturated heterocycles. The van der Waals surface area contributed by atoms with Crippen molar-refractivity contribution >= 4 is 17.8 Å². The molecule has 0 saturated carbocycles. The Morgan fingerprint density at radius 1 is 1.07 bits per heavy atom. The van der Waals surface area contributed by atoms with Crippen molar-refractivity contribution in [2.75, 3.05) is 0 Å². The SMILES string of the molecule is O=C(N/N=C\c1ccc(O)c([N+](=O)[O-])c1)C1c2ccccc2Oc2ccccc21. The Morgan fingerprint density at radius 3 is 2.31 bits per heavy atom. The first kappa shape index (κ1) is 18.2. The molecule has 29 heavy (non-hydrogen) atoms. The van der Waals surface area contributed by atoms with E-state index < -0.39 is 22.3 Å². The monoisotopic (exact) mass is 389 g/mol. The first-order chi connectivity index (χ1) is 14.0. The predicted octanol–water partition coefficient (Wildman–Crippen LogP) is 3.69. The molecule has 0 aromatic heterocycles. The Bertz CT molecular complexity index is 1100. The Labute approximate surface area is 165 Å². The van der Waals surface area contributed by atoms with Crippen LogP contribution in [-0.4, -0.2) is 22.2 Å². The van der Waals surface area contributed by atoms with Gasteiger partial charge in [-0.05, 0) is 24.3 Å². The number of hydrazone groups is 1. The topological polar surface area (TPSA) is 114 Å². The molecule has 3 aromatic rings. The maximum absolute atomic E-state index is 12.9. The zero-order chi connectivity index (χ0) is 20.4. The van der Waals surface area contributed by atoms with Gasteiger partial charge in [0.2, 0.25) is 0 Å². The van der Waals surface area contributed by atoms with Crippen LogP contribution in [0.1, 0.15) is 22.6 Å². The van der Waals surface area contributed by atoms with Crippen molar-refractivity contribution in [3.8, 4) is 17.2 Å². The van der Waals surface area contributed by atoms with Crippen LogP contribution < -0.4 is 10.2 Å². The minimum atomic E-state index is -0.693. The number of fused-ring (bicyclic) bond motifs is 2. The highest BCUT2D eigenvalue weighted by Gasteiger charge is 2.32. The summed E-state index contributed by atoms with van der Waals surface area (Å²) in [6.45, 7) is 0. The zero-order valence-electron chi connectivity index (χ0n) is 15.0. The molecule has 1 aliphatic rings. The molecule has 0 fully saturated rings. The van der Waals surface area contributed by atoms with E-state index in [-0.39, 0.29) is 5.91 Å². The number of aromatic hydroxyl groups is 1. The molecule has 8 nitrogen and oxygen atoms in total. The van der Waals surface area contributed by atoms with Crippen LogP contribution in [0.5, 0.6) is 17.2 Å². The number of nitrogens with one attached hydrogen (secondary N) is 1. The Morgan fingerprint density at radius 2 is 1.69 bits per heavy atom. The molecule has 4 rings (SSSR count). The van der Waals surface area contributed by atoms with Crippen molar-refractivity contribution < 1.29 is 19.6 Å². The average Bonchev–Trinajstić information content (AvgIpc) is 2.72. The number of amides is 1. The van der Waals surface area contributed by atoms with E-state index in [1.807, 2.05) is 36.4 Å². The fourth-order valence-corrected chi connectivity index (χ4v) is 3.19. The Hall–Kier alpha value is -4.20. The van der Waals surface area contributed by atoms with Gasteiger partial charge in [0.25, 0.3) is 5.91 Å². The highest BCUT2D eigenvalue weighted by Crippen LogP contribution is 2.43. The van der Waals surface area contributed by atoms with E-state index in [1.54, 1.807) is 12.1 Å². The number of hydrogen-bond acceptors (Lipinski definition) is 6. The second-order valence-electron chi connectivity index (χ2n) is 6.35. The molecule has 0 unspecified atom stereocenters. The third kappa shape index (κ3) is 3.51. The lowest BCUT2D eigenvalue weighted by molar-refractivity contribution is -0.385. The van der Waals surface area contributed by atoms with E-state index in [1.165, 1.54) is 24.4 Å². The second-order valence-corrected chi connectivity index (χ2v) is 6.35. The molecule has 144 valence electrons. The van der Waals surface area contributed by atoms with Gasteiger partial charge in [-0.3, -0.25) is 14.9 Å². The van der Waals surface area contributed by atoms with E-state index in [0.29, 0.717) is 17.1 Å². The number of phenolic OH excluding ortho intramolecular Hbond substituents is 1. The number of nitro benzene ring substituents is 1. The quantitative estimate of drug-likeness (QED) is 0.401. The fourth-order valence-electron chi connectivity index (χ4n) is 3.19. The lowest BCUT2D eigenvalue weighted by Crippen LogP contribution is -2.28. The molecule has 0 radical (unpaired) electrons. The molecule has 8 heteroatoms. The van der Waals surface area contributed by atoms with Gasteiger partial charge in [0, 0.05) is 22.8 Å². The van der Waals surface area contributed by atoms with Crippen molar-refractivity contribution in [1.82, 2.24) is 5.43 Å². The maximum Gasteiger partial charge on any atom is 0.311 e. The molecule has 0 spiro atoms. The van der Waals surface area contributed by atoms with Gasteiger partial charge in [0.05, 0.1) is 17.1 Å². The summed E-state index contributed by atoms with van der Waals surface area (Å²) in [5.74, 6) is -0.208. The standard InChI is InChI=1S/C21H15N3O5/c25-17-10-9-13(11-16(17)24(27)28)12-22-23-21(26)20-14-5-1-3-7-18(14)29-19-8-4-2-6-15(19)20/h1-12,20,25H,(H,23,26)/b22-12-. The molecule has 1 amide bonds. The summed E-state index contributed by atoms with van der Waals surface area (Å²) in [4.78, 5) is 23.1. The highest BCUT2D eigenvalue weighted by molar-refractivity contribution is 5.91. The van der Waals surface area contributed by atoms with E-state index in [0.717, 1.165) is 11.1 Å². The van der Waals surface area contributed by atoms with Crippen molar-refractivity contribution in [1.29, 1.82) is 0 Å². The van der Waals surface area contributed by atoms with Gasteiger partial charge < -0.3 is 9.84 Å². The zero-order valence-corrected chi connectivity index (χ0v) is 15.0. The first-order valence-corrected chi connectivity index (χ1v) is 8.70. The summed E-state index contributed by atoms with van der Waals surface area (Å²) < 4.78 is 5.87. The van der Waals surface area contributed by atoms with Crippen LogP contribution in [-0.2, 0) is 4.79 Å². The van der Waals surface area contributed by atoms with Gasteiger partial charge in [-0.2, -0.15) is 5.10 Å². The third-order valence-electron chi connectivity index (χ3n) is 4.53. The van der Waals surface area contributed by atoms with Gasteiger partial charge in [-0.25, -0.2) is 5.43 Å². The van der Waals surface area contributed by atoms with E-state index >= 15 is 0 Å². The summed E-state index contributed by atoms with van der Waals surface area (Å²) in [7, 11) is 0. The number of benzene rings is 3. The number of nitrogens with zero attached hydrogens (tertiary/aromatic N) is 2. The largest absolute Gasteiger partial charge is 0.502 e. The van der Waals surface area contributed by atoms with Crippen LogP contribution in [0, 0.1) is 10.1 Å². The molecular formula is C21H15N3O5. The van der Waals surface area contributed by atoms with Gasteiger partial charge in [-0.15, -0.1) is 0 Å². The van der Waals surface area contributed by atoms with Crippen molar-refractivity contribution in [3.63, 3.8) is 0 Å². The number of rotatable bonds is 4. The number of hydrogen-bond donors (Lipinski definition) is 2. The van der Waals surface area contributed by atoms with Crippen molar-refractivity contribution in [2.45, 2.75) is 5.92 Å². The van der Waals surface area contributed by atoms with Crippen LogP contribution in [0.25, 0.3) is 0 Å². The minimum absolute atomic E-state index is 0.363. The molecule has 0 aliphatic carbocycles. The smallest absolute Gasteiger partial charge is 0.311 e. The molecule has 3 aromatic carbocycles. The Balaban J connectivity index is 1.59. The number of carbonyl (C=O) groups is 1. The lowest BCUT2D eigenvalue weighted by Gasteiger charge is -2.26. The van der Waals surface area contributed by atoms with Crippen LogP contribution in [0.15, 0.2) is 71.8 Å². The third-order valence-corrected chi connectivity index (χ3v) is 4.53. The molecule has 1 heterocycles. The summed E-state index contributed by atoms with van der Waals surface area (Å²) in [6, 6.07) is 18.4. The number of para-hydroxylation sites is 2. The molecule has 0 bridgehead atoms. The summed E-state index contributed by atoms with van der Waals surface area (Å²) >= 11 is 0. The number of carbonyl (C=O) groups excluding carboxylic acids is 1. The normalized spacial score (nSPS) is 12.7. The summed E-state index contributed by atoms with van der Waals surface area (Å²) in [5.41, 5.74) is 3.86. The maximum atomic E-state index is 12.9. The molecule has 2 N–H and O–H groups in total. The van der Waals surface area contributed by atoms with Gasteiger partial charge in [-0.1, -0.05) is 36.4 Å². The summed E-state index contributed by atoms with van der Waals surface area (Å²) in [5, 5.41) is 24.3. The van der Waals surface area contributed by atoms with Crippen LogP contribution >= 0.6 is 0 Å². The van der Waals surface area contributed by atoms with Crippen LogP contribution in [0.4, 0.5) is 5.69 Å². The minimum Gasteiger partial charge on any atom is -0.502 e. The Kier molecular flexibility index (Phi) is 4.66. The number of nitro groups is 1. The van der Waals surface area contributed by atoms with E-state index in [9.17, 15) is 20.0 Å². The van der Waals surface area contributed by atoms with Crippen molar-refractivity contribution in [2.24, 2.45) is 5.10 Å². The van der Waals surface area contributed by atoms with Crippen LogP contribution in [0.3, 0.4) is 0 Å². The number of phenols is 1. The fraction of sp³-hybridized carbons (Fsp3) is 0.0476. The van der Waals surface area contributed by atoms with Crippen molar-refractivity contribution in [3.05, 3.63) is 93.5 Å². The lowest BCUT2D eigenvalue weighted by atomic mass is 9.87. The van der Waals surface area contributed by atoms with Gasteiger partial charge in [0.15, 0.2) is 5.75 Å². The molecular weight excluding hydrogens is 374 g/mol. The average molecular weight is 389 g/mol. The first-order valence-electron chi connectivity index (χ1n) is 8.70. The predicted molar refractivity (Wildman–Crippen MR) is 105 cm³/mol.